The molecule has 0 bridgehead atoms. The van der Waals surface area contributed by atoms with Crippen molar-refractivity contribution in [3.8, 4) is 0 Å². The van der Waals surface area contributed by atoms with Crippen molar-refractivity contribution in [2.24, 2.45) is 0 Å². The predicted octanol–water partition coefficient (Wildman–Crippen LogP) is 1.91. The second kappa shape index (κ2) is 6.18. The summed E-state index contributed by atoms with van der Waals surface area (Å²) >= 11 is 5.88. The lowest BCUT2D eigenvalue weighted by Gasteiger charge is -2.20. The van der Waals surface area contributed by atoms with Gasteiger partial charge in [-0.3, -0.25) is 0 Å². The van der Waals surface area contributed by atoms with Gasteiger partial charge in [0.25, 0.3) is 0 Å². The Balaban J connectivity index is 3.03. The van der Waals surface area contributed by atoms with E-state index in [1.807, 2.05) is 0 Å². The van der Waals surface area contributed by atoms with Crippen LogP contribution in [0.15, 0.2) is 12.1 Å². The van der Waals surface area contributed by atoms with Gasteiger partial charge >= 0.3 is 5.97 Å². The highest BCUT2D eigenvalue weighted by molar-refractivity contribution is 6.30. The number of hydrogen-bond donors (Lipinski definition) is 2. The first-order valence-electron chi connectivity index (χ1n) is 5.67. The van der Waals surface area contributed by atoms with Crippen molar-refractivity contribution >= 4 is 17.6 Å². The van der Waals surface area contributed by atoms with Gasteiger partial charge in [-0.2, -0.15) is 0 Å². The number of esters is 1. The second-order valence-corrected chi connectivity index (χ2v) is 4.53. The third-order valence-corrected chi connectivity index (χ3v) is 2.90. The maximum Gasteiger partial charge on any atom is 0.338 e. The molecule has 0 spiro atoms. The van der Waals surface area contributed by atoms with Crippen molar-refractivity contribution in [1.29, 1.82) is 0 Å². The Morgan fingerprint density at radius 1 is 1.33 bits per heavy atom. The molecule has 0 aliphatic rings. The molecule has 5 heteroatoms. The van der Waals surface area contributed by atoms with Gasteiger partial charge < -0.3 is 14.9 Å². The zero-order valence-electron chi connectivity index (χ0n) is 10.6. The largest absolute Gasteiger partial charge is 0.464 e. The van der Waals surface area contributed by atoms with Crippen LogP contribution in [-0.2, 0) is 9.53 Å². The summed E-state index contributed by atoms with van der Waals surface area (Å²) in [4.78, 5) is 11.4. The molecule has 0 saturated heterocycles. The Hall–Kier alpha value is -1.10. The summed E-state index contributed by atoms with van der Waals surface area (Å²) in [5, 5.41) is 20.3. The van der Waals surface area contributed by atoms with Crippen LogP contribution in [0.4, 0.5) is 0 Å². The minimum absolute atomic E-state index is 0.154. The number of carbonyl (C=O) groups is 1. The maximum atomic E-state index is 11.4. The predicted molar refractivity (Wildman–Crippen MR) is 68.5 cm³/mol. The highest BCUT2D eigenvalue weighted by atomic mass is 35.5. The van der Waals surface area contributed by atoms with Crippen LogP contribution in [0.3, 0.4) is 0 Å². The number of benzene rings is 1. The number of ether oxygens (including phenoxy) is 1. The molecule has 0 aliphatic carbocycles. The van der Waals surface area contributed by atoms with Crippen molar-refractivity contribution < 1.29 is 19.7 Å². The summed E-state index contributed by atoms with van der Waals surface area (Å²) in [6.45, 7) is 5.31. The Kier molecular flexibility index (Phi) is 5.14. The fourth-order valence-corrected chi connectivity index (χ4v) is 2.23. The topological polar surface area (TPSA) is 66.8 Å². The highest BCUT2D eigenvalue weighted by Crippen LogP contribution is 2.28. The third kappa shape index (κ3) is 3.22. The number of aliphatic hydroxyl groups is 2. The molecule has 18 heavy (non-hydrogen) atoms. The van der Waals surface area contributed by atoms with Gasteiger partial charge in [0, 0.05) is 5.02 Å². The Morgan fingerprint density at radius 2 is 1.83 bits per heavy atom. The lowest BCUT2D eigenvalue weighted by molar-refractivity contribution is -0.159. The minimum Gasteiger partial charge on any atom is -0.464 e. The van der Waals surface area contributed by atoms with Crippen molar-refractivity contribution in [2.45, 2.75) is 33.0 Å². The van der Waals surface area contributed by atoms with Crippen molar-refractivity contribution in [2.75, 3.05) is 6.61 Å². The number of halogens is 1. The van der Waals surface area contributed by atoms with Gasteiger partial charge in [-0.15, -0.1) is 0 Å². The summed E-state index contributed by atoms with van der Waals surface area (Å²) < 4.78 is 4.67. The molecule has 2 unspecified atom stereocenters. The molecular weight excluding hydrogens is 256 g/mol. The van der Waals surface area contributed by atoms with Crippen LogP contribution in [0.5, 0.6) is 0 Å². The van der Waals surface area contributed by atoms with Gasteiger partial charge in [-0.05, 0) is 49.6 Å². The van der Waals surface area contributed by atoms with Crippen LogP contribution >= 0.6 is 11.6 Å². The molecule has 2 N–H and O–H groups in total. The SMILES string of the molecule is CCOC(=O)C(O)C(O)c1c(C)cc(Cl)cc1C. The molecule has 0 heterocycles. The van der Waals surface area contributed by atoms with Crippen LogP contribution in [-0.4, -0.2) is 28.9 Å². The zero-order valence-corrected chi connectivity index (χ0v) is 11.4. The number of rotatable bonds is 4. The van der Waals surface area contributed by atoms with E-state index >= 15 is 0 Å². The zero-order chi connectivity index (χ0) is 13.9. The highest BCUT2D eigenvalue weighted by Gasteiger charge is 2.29. The van der Waals surface area contributed by atoms with E-state index in [4.69, 9.17) is 11.6 Å². The quantitative estimate of drug-likeness (QED) is 0.822. The van der Waals surface area contributed by atoms with Crippen molar-refractivity contribution in [1.82, 2.24) is 0 Å². The van der Waals surface area contributed by atoms with Crippen molar-refractivity contribution in [3.05, 3.63) is 33.8 Å². The first-order valence-corrected chi connectivity index (χ1v) is 6.05. The van der Waals surface area contributed by atoms with Gasteiger partial charge in [0.15, 0.2) is 6.10 Å². The van der Waals surface area contributed by atoms with Gasteiger partial charge in [0.2, 0.25) is 0 Å². The summed E-state index contributed by atoms with van der Waals surface area (Å²) in [7, 11) is 0. The first kappa shape index (κ1) is 15.0. The fourth-order valence-electron chi connectivity index (χ4n) is 1.90. The number of aryl methyl sites for hydroxylation is 2. The summed E-state index contributed by atoms with van der Waals surface area (Å²) in [5.74, 6) is -0.834. The van der Waals surface area contributed by atoms with E-state index in [9.17, 15) is 15.0 Å². The Labute approximate surface area is 111 Å². The average Bonchev–Trinajstić information content (AvgIpc) is 2.26. The lowest BCUT2D eigenvalue weighted by atomic mass is 9.95. The normalized spacial score (nSPS) is 14.1. The molecule has 0 radical (unpaired) electrons. The van der Waals surface area contributed by atoms with Gasteiger partial charge in [-0.25, -0.2) is 4.79 Å². The molecule has 1 rings (SSSR count). The Bertz CT molecular complexity index is 422. The molecule has 0 fully saturated rings. The molecule has 0 aromatic heterocycles. The fraction of sp³-hybridized carbons (Fsp3) is 0.462. The van der Waals surface area contributed by atoms with E-state index in [0.29, 0.717) is 10.6 Å². The van der Waals surface area contributed by atoms with Gasteiger partial charge in [0.05, 0.1) is 6.61 Å². The molecule has 2 atom stereocenters. The average molecular weight is 273 g/mol. The van der Waals surface area contributed by atoms with Gasteiger partial charge in [-0.1, -0.05) is 11.6 Å². The maximum absolute atomic E-state index is 11.4. The second-order valence-electron chi connectivity index (χ2n) is 4.09. The molecule has 0 amide bonds. The van der Waals surface area contributed by atoms with Crippen LogP contribution in [0, 0.1) is 13.8 Å². The number of aliphatic hydroxyl groups excluding tert-OH is 2. The van der Waals surface area contributed by atoms with Crippen LogP contribution < -0.4 is 0 Å². The van der Waals surface area contributed by atoms with Gasteiger partial charge in [0.1, 0.15) is 6.10 Å². The van der Waals surface area contributed by atoms with Crippen LogP contribution in [0.2, 0.25) is 5.02 Å². The first-order chi connectivity index (χ1) is 8.38. The molecular formula is C13H17ClO4. The van der Waals surface area contributed by atoms with E-state index in [1.54, 1.807) is 32.9 Å². The van der Waals surface area contributed by atoms with E-state index in [2.05, 4.69) is 4.74 Å². The van der Waals surface area contributed by atoms with Crippen molar-refractivity contribution in [3.63, 3.8) is 0 Å². The molecule has 1 aromatic carbocycles. The molecule has 0 aliphatic heterocycles. The smallest absolute Gasteiger partial charge is 0.338 e. The molecule has 1 aromatic rings. The van der Waals surface area contributed by atoms with E-state index in [1.165, 1.54) is 0 Å². The third-order valence-electron chi connectivity index (χ3n) is 2.68. The minimum atomic E-state index is -1.59. The number of carbonyl (C=O) groups excluding carboxylic acids is 1. The van der Waals surface area contributed by atoms with Crippen LogP contribution in [0.1, 0.15) is 29.7 Å². The summed E-state index contributed by atoms with van der Waals surface area (Å²) in [6.07, 6.45) is -2.91. The van der Waals surface area contributed by atoms with E-state index in [-0.39, 0.29) is 6.61 Å². The number of hydrogen-bond acceptors (Lipinski definition) is 4. The monoisotopic (exact) mass is 272 g/mol. The van der Waals surface area contributed by atoms with E-state index < -0.39 is 18.2 Å². The Morgan fingerprint density at radius 3 is 2.28 bits per heavy atom. The molecule has 4 nitrogen and oxygen atoms in total. The summed E-state index contributed by atoms with van der Waals surface area (Å²) in [5.41, 5.74) is 1.94. The molecule has 100 valence electrons. The summed E-state index contributed by atoms with van der Waals surface area (Å²) in [6, 6.07) is 3.34. The standard InChI is InChI=1S/C13H17ClO4/c1-4-18-13(17)12(16)11(15)10-7(2)5-9(14)6-8(10)3/h5-6,11-12,15-16H,4H2,1-3H3. The van der Waals surface area contributed by atoms with E-state index in [0.717, 1.165) is 11.1 Å². The lowest BCUT2D eigenvalue weighted by Crippen LogP contribution is -2.30. The molecule has 0 saturated carbocycles. The van der Waals surface area contributed by atoms with Crippen LogP contribution in [0.25, 0.3) is 0 Å².